The standard InChI is InChI=1S/C19H17N3O3/c1-13(23)22-16-4-3-5-18(10-16)25-19-20-11-15(12-21-19)14-6-8-17(24-2)9-7-14/h3-12H,1-2H3,(H,22,23). The second-order valence-electron chi connectivity index (χ2n) is 5.29. The van der Waals surface area contributed by atoms with E-state index in [1.54, 1.807) is 43.8 Å². The lowest BCUT2D eigenvalue weighted by Gasteiger charge is -2.07. The number of nitrogens with zero attached hydrogens (tertiary/aromatic N) is 2. The summed E-state index contributed by atoms with van der Waals surface area (Å²) in [4.78, 5) is 19.6. The molecule has 25 heavy (non-hydrogen) atoms. The van der Waals surface area contributed by atoms with Crippen LogP contribution in [0.2, 0.25) is 0 Å². The Morgan fingerprint density at radius 2 is 1.68 bits per heavy atom. The highest BCUT2D eigenvalue weighted by molar-refractivity contribution is 5.88. The normalized spacial score (nSPS) is 10.2. The fourth-order valence-corrected chi connectivity index (χ4v) is 2.25. The minimum atomic E-state index is -0.141. The van der Waals surface area contributed by atoms with Crippen molar-refractivity contribution in [3.8, 4) is 28.6 Å². The Morgan fingerprint density at radius 3 is 2.32 bits per heavy atom. The molecule has 126 valence electrons. The first kappa shape index (κ1) is 16.4. The third-order valence-corrected chi connectivity index (χ3v) is 3.42. The fraction of sp³-hybridized carbons (Fsp3) is 0.105. The van der Waals surface area contributed by atoms with Crippen LogP contribution in [-0.2, 0) is 4.79 Å². The Balaban J connectivity index is 1.73. The van der Waals surface area contributed by atoms with Gasteiger partial charge in [0.25, 0.3) is 0 Å². The highest BCUT2D eigenvalue weighted by Crippen LogP contribution is 2.24. The predicted octanol–water partition coefficient (Wildman–Crippen LogP) is 3.90. The maximum Gasteiger partial charge on any atom is 0.321 e. The van der Waals surface area contributed by atoms with Gasteiger partial charge in [0.15, 0.2) is 0 Å². The molecule has 0 fully saturated rings. The number of rotatable bonds is 5. The highest BCUT2D eigenvalue weighted by atomic mass is 16.5. The van der Waals surface area contributed by atoms with E-state index in [9.17, 15) is 4.79 Å². The molecule has 0 aliphatic heterocycles. The Kier molecular flexibility index (Phi) is 4.89. The van der Waals surface area contributed by atoms with Crippen LogP contribution in [0.1, 0.15) is 6.92 Å². The van der Waals surface area contributed by atoms with Crippen LogP contribution in [0.25, 0.3) is 11.1 Å². The summed E-state index contributed by atoms with van der Waals surface area (Å²) in [5.41, 5.74) is 2.52. The first-order valence-corrected chi connectivity index (χ1v) is 7.66. The third kappa shape index (κ3) is 4.32. The van der Waals surface area contributed by atoms with E-state index in [-0.39, 0.29) is 11.9 Å². The molecule has 0 aliphatic carbocycles. The van der Waals surface area contributed by atoms with Gasteiger partial charge in [-0.2, -0.15) is 0 Å². The summed E-state index contributed by atoms with van der Waals surface area (Å²) < 4.78 is 10.8. The number of amides is 1. The smallest absolute Gasteiger partial charge is 0.321 e. The van der Waals surface area contributed by atoms with Crippen LogP contribution < -0.4 is 14.8 Å². The zero-order chi connectivity index (χ0) is 17.6. The van der Waals surface area contributed by atoms with Gasteiger partial charge >= 0.3 is 6.01 Å². The predicted molar refractivity (Wildman–Crippen MR) is 94.8 cm³/mol. The summed E-state index contributed by atoms with van der Waals surface area (Å²) in [5, 5.41) is 2.70. The molecule has 2 aromatic carbocycles. The zero-order valence-electron chi connectivity index (χ0n) is 13.9. The number of carbonyl (C=O) groups excluding carboxylic acids is 1. The van der Waals surface area contributed by atoms with Crippen molar-refractivity contribution in [1.82, 2.24) is 9.97 Å². The van der Waals surface area contributed by atoms with E-state index in [1.165, 1.54) is 6.92 Å². The summed E-state index contributed by atoms with van der Waals surface area (Å²) in [6, 6.07) is 14.9. The molecule has 6 heteroatoms. The van der Waals surface area contributed by atoms with Crippen molar-refractivity contribution in [1.29, 1.82) is 0 Å². The average Bonchev–Trinajstić information content (AvgIpc) is 2.62. The van der Waals surface area contributed by atoms with Crippen LogP contribution in [0.5, 0.6) is 17.5 Å². The largest absolute Gasteiger partial charge is 0.497 e. The highest BCUT2D eigenvalue weighted by Gasteiger charge is 2.05. The minimum absolute atomic E-state index is 0.141. The topological polar surface area (TPSA) is 73.3 Å². The van der Waals surface area contributed by atoms with Crippen LogP contribution in [0.4, 0.5) is 5.69 Å². The summed E-state index contributed by atoms with van der Waals surface area (Å²) in [6.07, 6.45) is 3.39. The van der Waals surface area contributed by atoms with Gasteiger partial charge in [0.1, 0.15) is 11.5 Å². The molecule has 3 rings (SSSR count). The van der Waals surface area contributed by atoms with E-state index in [4.69, 9.17) is 9.47 Å². The van der Waals surface area contributed by atoms with Gasteiger partial charge in [-0.25, -0.2) is 9.97 Å². The van der Waals surface area contributed by atoms with Crippen LogP contribution in [0, 0.1) is 0 Å². The Labute approximate surface area is 145 Å². The molecule has 0 atom stereocenters. The van der Waals surface area contributed by atoms with Crippen molar-refractivity contribution >= 4 is 11.6 Å². The number of anilines is 1. The van der Waals surface area contributed by atoms with Gasteiger partial charge in [-0.3, -0.25) is 4.79 Å². The van der Waals surface area contributed by atoms with Gasteiger partial charge in [-0.05, 0) is 29.8 Å². The Hall–Kier alpha value is -3.41. The van der Waals surface area contributed by atoms with Gasteiger partial charge in [0.05, 0.1) is 7.11 Å². The first-order chi connectivity index (χ1) is 12.1. The number of nitrogens with one attached hydrogen (secondary N) is 1. The second kappa shape index (κ2) is 7.44. The van der Waals surface area contributed by atoms with Crippen LogP contribution >= 0.6 is 0 Å². The molecule has 0 aliphatic rings. The maximum atomic E-state index is 11.1. The van der Waals surface area contributed by atoms with Crippen molar-refractivity contribution < 1.29 is 14.3 Å². The van der Waals surface area contributed by atoms with Crippen molar-refractivity contribution in [2.75, 3.05) is 12.4 Å². The molecular formula is C19H17N3O3. The third-order valence-electron chi connectivity index (χ3n) is 3.42. The minimum Gasteiger partial charge on any atom is -0.497 e. The second-order valence-corrected chi connectivity index (χ2v) is 5.29. The van der Waals surface area contributed by atoms with Crippen molar-refractivity contribution in [2.24, 2.45) is 0 Å². The summed E-state index contributed by atoms with van der Waals surface area (Å²) in [6.45, 7) is 1.45. The van der Waals surface area contributed by atoms with Crippen molar-refractivity contribution in [3.63, 3.8) is 0 Å². The molecule has 1 amide bonds. The van der Waals surface area contributed by atoms with Crippen LogP contribution in [0.3, 0.4) is 0 Å². The lowest BCUT2D eigenvalue weighted by Crippen LogP contribution is -2.05. The number of benzene rings is 2. The van der Waals surface area contributed by atoms with E-state index in [0.29, 0.717) is 11.4 Å². The number of methoxy groups -OCH3 is 1. The molecule has 0 bridgehead atoms. The molecular weight excluding hydrogens is 318 g/mol. The molecule has 0 radical (unpaired) electrons. The van der Waals surface area contributed by atoms with Crippen molar-refractivity contribution in [2.45, 2.75) is 6.92 Å². The summed E-state index contributed by atoms with van der Waals surface area (Å²) in [7, 11) is 1.63. The lowest BCUT2D eigenvalue weighted by atomic mass is 10.1. The van der Waals surface area contributed by atoms with Crippen LogP contribution in [0.15, 0.2) is 60.9 Å². The number of aromatic nitrogens is 2. The van der Waals surface area contributed by atoms with Gasteiger partial charge in [0, 0.05) is 36.6 Å². The molecule has 1 aromatic heterocycles. The number of carbonyl (C=O) groups is 1. The maximum absolute atomic E-state index is 11.1. The number of hydrogen-bond donors (Lipinski definition) is 1. The van der Waals surface area contributed by atoms with Gasteiger partial charge in [-0.1, -0.05) is 18.2 Å². The molecule has 0 saturated carbocycles. The quantitative estimate of drug-likeness (QED) is 0.765. The van der Waals surface area contributed by atoms with Gasteiger partial charge in [0.2, 0.25) is 5.91 Å². The molecule has 1 heterocycles. The summed E-state index contributed by atoms with van der Waals surface area (Å²) >= 11 is 0. The van der Waals surface area contributed by atoms with E-state index in [0.717, 1.165) is 16.9 Å². The summed E-state index contributed by atoms with van der Waals surface area (Å²) in [5.74, 6) is 1.20. The monoisotopic (exact) mass is 335 g/mol. The molecule has 3 aromatic rings. The molecule has 1 N–H and O–H groups in total. The Bertz CT molecular complexity index is 862. The Morgan fingerprint density at radius 1 is 0.960 bits per heavy atom. The molecule has 0 saturated heterocycles. The van der Waals surface area contributed by atoms with E-state index >= 15 is 0 Å². The first-order valence-electron chi connectivity index (χ1n) is 7.66. The number of hydrogen-bond acceptors (Lipinski definition) is 5. The number of ether oxygens (including phenoxy) is 2. The zero-order valence-corrected chi connectivity index (χ0v) is 13.9. The van der Waals surface area contributed by atoms with E-state index < -0.39 is 0 Å². The van der Waals surface area contributed by atoms with E-state index in [2.05, 4.69) is 15.3 Å². The fourth-order valence-electron chi connectivity index (χ4n) is 2.25. The average molecular weight is 335 g/mol. The molecule has 0 unspecified atom stereocenters. The lowest BCUT2D eigenvalue weighted by molar-refractivity contribution is -0.114. The SMILES string of the molecule is COc1ccc(-c2cnc(Oc3cccc(NC(C)=O)c3)nc2)cc1. The van der Waals surface area contributed by atoms with Crippen molar-refractivity contribution in [3.05, 3.63) is 60.9 Å². The molecule has 0 spiro atoms. The molecule has 6 nitrogen and oxygen atoms in total. The van der Waals surface area contributed by atoms with Gasteiger partial charge in [-0.15, -0.1) is 0 Å². The van der Waals surface area contributed by atoms with Gasteiger partial charge < -0.3 is 14.8 Å². The van der Waals surface area contributed by atoms with E-state index in [1.807, 2.05) is 24.3 Å². The van der Waals surface area contributed by atoms with Crippen LogP contribution in [-0.4, -0.2) is 23.0 Å².